The fourth-order valence-corrected chi connectivity index (χ4v) is 2.62. The summed E-state index contributed by atoms with van der Waals surface area (Å²) in [5.41, 5.74) is 1.31. The van der Waals surface area contributed by atoms with Crippen molar-refractivity contribution in [2.45, 2.75) is 46.1 Å². The van der Waals surface area contributed by atoms with Crippen molar-refractivity contribution < 1.29 is 9.53 Å². The van der Waals surface area contributed by atoms with Gasteiger partial charge in [-0.1, -0.05) is 6.92 Å². The Balaban J connectivity index is 2.40. The molecule has 0 saturated carbocycles. The molecule has 0 fully saturated rings. The minimum Gasteiger partial charge on any atom is -0.463 e. The number of esters is 1. The van der Waals surface area contributed by atoms with Gasteiger partial charge < -0.3 is 15.4 Å². The SMILES string of the molecule is CCNC(=NCC(C)c1ccsc1)NCCC(=O)OC(C)C. The van der Waals surface area contributed by atoms with Gasteiger partial charge in [0, 0.05) is 25.6 Å². The van der Waals surface area contributed by atoms with Crippen LogP contribution in [0.4, 0.5) is 0 Å². The summed E-state index contributed by atoms with van der Waals surface area (Å²) in [7, 11) is 0. The molecule has 6 heteroatoms. The Hall–Kier alpha value is -1.56. The molecule has 0 bridgehead atoms. The van der Waals surface area contributed by atoms with E-state index in [0.717, 1.165) is 12.5 Å². The van der Waals surface area contributed by atoms with Crippen LogP contribution in [0.1, 0.15) is 45.6 Å². The first kappa shape index (κ1) is 18.5. The zero-order valence-corrected chi connectivity index (χ0v) is 14.7. The smallest absolute Gasteiger partial charge is 0.307 e. The highest BCUT2D eigenvalue weighted by molar-refractivity contribution is 7.07. The van der Waals surface area contributed by atoms with Crippen LogP contribution in [0.25, 0.3) is 0 Å². The third kappa shape index (κ3) is 7.45. The maximum absolute atomic E-state index is 11.5. The fraction of sp³-hybridized carbons (Fsp3) is 0.625. The van der Waals surface area contributed by atoms with Crippen molar-refractivity contribution in [1.82, 2.24) is 10.6 Å². The average Bonchev–Trinajstić information content (AvgIpc) is 2.97. The van der Waals surface area contributed by atoms with Gasteiger partial charge in [0.05, 0.1) is 12.5 Å². The minimum atomic E-state index is -0.190. The third-order valence-corrected chi connectivity index (χ3v) is 3.67. The van der Waals surface area contributed by atoms with Gasteiger partial charge in [0.25, 0.3) is 0 Å². The number of aliphatic imine (C=N–C) groups is 1. The van der Waals surface area contributed by atoms with Gasteiger partial charge in [-0.25, -0.2) is 0 Å². The third-order valence-electron chi connectivity index (χ3n) is 2.97. The Morgan fingerprint density at radius 3 is 2.73 bits per heavy atom. The maximum atomic E-state index is 11.5. The largest absolute Gasteiger partial charge is 0.463 e. The van der Waals surface area contributed by atoms with E-state index >= 15 is 0 Å². The van der Waals surface area contributed by atoms with Gasteiger partial charge in [-0.05, 0) is 43.2 Å². The highest BCUT2D eigenvalue weighted by Gasteiger charge is 2.08. The number of nitrogens with zero attached hydrogens (tertiary/aromatic N) is 1. The Morgan fingerprint density at radius 1 is 1.36 bits per heavy atom. The lowest BCUT2D eigenvalue weighted by Crippen LogP contribution is -2.38. The standard InChI is InChI=1S/C16H27N3O2S/c1-5-17-16(18-8-6-15(20)21-12(2)3)19-10-13(4)14-7-9-22-11-14/h7,9,11-13H,5-6,8,10H2,1-4H3,(H2,17,18,19). The van der Waals surface area contributed by atoms with Crippen molar-refractivity contribution in [3.05, 3.63) is 22.4 Å². The van der Waals surface area contributed by atoms with Crippen molar-refractivity contribution in [1.29, 1.82) is 0 Å². The summed E-state index contributed by atoms with van der Waals surface area (Å²) in [6, 6.07) is 2.13. The second-order valence-electron chi connectivity index (χ2n) is 5.39. The molecule has 0 aromatic carbocycles. The zero-order valence-electron chi connectivity index (χ0n) is 13.9. The Morgan fingerprint density at radius 2 is 2.14 bits per heavy atom. The van der Waals surface area contributed by atoms with E-state index in [0.29, 0.717) is 25.4 Å². The van der Waals surface area contributed by atoms with Gasteiger partial charge in [-0.15, -0.1) is 0 Å². The van der Waals surface area contributed by atoms with Gasteiger partial charge in [-0.2, -0.15) is 11.3 Å². The molecule has 1 rings (SSSR count). The Bertz CT molecular complexity index is 458. The van der Waals surface area contributed by atoms with Crippen LogP contribution in [-0.4, -0.2) is 37.7 Å². The van der Waals surface area contributed by atoms with Crippen molar-refractivity contribution in [2.24, 2.45) is 4.99 Å². The molecular weight excluding hydrogens is 298 g/mol. The van der Waals surface area contributed by atoms with Gasteiger partial charge in [0.1, 0.15) is 0 Å². The summed E-state index contributed by atoms with van der Waals surface area (Å²) in [4.78, 5) is 16.1. The van der Waals surface area contributed by atoms with E-state index in [9.17, 15) is 4.79 Å². The highest BCUT2D eigenvalue weighted by atomic mass is 32.1. The number of ether oxygens (including phenoxy) is 1. The molecule has 0 saturated heterocycles. The molecule has 1 atom stereocenters. The maximum Gasteiger partial charge on any atom is 0.307 e. The van der Waals surface area contributed by atoms with Crippen molar-refractivity contribution in [3.8, 4) is 0 Å². The van der Waals surface area contributed by atoms with E-state index in [2.05, 4.69) is 39.4 Å². The molecule has 0 amide bonds. The molecule has 1 aromatic rings. The van der Waals surface area contributed by atoms with Gasteiger partial charge >= 0.3 is 5.97 Å². The predicted octanol–water partition coefficient (Wildman–Crippen LogP) is 2.75. The first-order chi connectivity index (χ1) is 10.5. The zero-order chi connectivity index (χ0) is 16.4. The molecule has 124 valence electrons. The molecule has 0 radical (unpaired) electrons. The fourth-order valence-electron chi connectivity index (χ4n) is 1.84. The van der Waals surface area contributed by atoms with Crippen LogP contribution >= 0.6 is 11.3 Å². The molecule has 5 nitrogen and oxygen atoms in total. The van der Waals surface area contributed by atoms with Gasteiger partial charge in [-0.3, -0.25) is 9.79 Å². The average molecular weight is 325 g/mol. The Labute approximate surface area is 137 Å². The molecule has 0 aliphatic heterocycles. The number of hydrogen-bond donors (Lipinski definition) is 2. The van der Waals surface area contributed by atoms with Crippen LogP contribution in [0.5, 0.6) is 0 Å². The molecule has 1 aromatic heterocycles. The van der Waals surface area contributed by atoms with Crippen LogP contribution in [0.2, 0.25) is 0 Å². The number of carbonyl (C=O) groups is 1. The number of carbonyl (C=O) groups excluding carboxylic acids is 1. The predicted molar refractivity (Wildman–Crippen MR) is 92.6 cm³/mol. The lowest BCUT2D eigenvalue weighted by molar-refractivity contribution is -0.147. The Kier molecular flexibility index (Phi) is 8.58. The summed E-state index contributed by atoms with van der Waals surface area (Å²) >= 11 is 1.70. The summed E-state index contributed by atoms with van der Waals surface area (Å²) in [6.07, 6.45) is 0.267. The monoisotopic (exact) mass is 325 g/mol. The molecule has 0 aliphatic rings. The summed E-state index contributed by atoms with van der Waals surface area (Å²) < 4.78 is 5.10. The van der Waals surface area contributed by atoms with Gasteiger partial charge in [0.15, 0.2) is 5.96 Å². The van der Waals surface area contributed by atoms with E-state index in [4.69, 9.17) is 4.74 Å². The summed E-state index contributed by atoms with van der Waals surface area (Å²) in [5.74, 6) is 0.930. The summed E-state index contributed by atoms with van der Waals surface area (Å²) in [5, 5.41) is 10.6. The molecule has 1 unspecified atom stereocenters. The second-order valence-corrected chi connectivity index (χ2v) is 6.17. The molecule has 0 spiro atoms. The van der Waals surface area contributed by atoms with Crippen LogP contribution in [-0.2, 0) is 9.53 Å². The first-order valence-corrected chi connectivity index (χ1v) is 8.71. The van der Waals surface area contributed by atoms with E-state index in [1.54, 1.807) is 11.3 Å². The molecule has 1 heterocycles. The highest BCUT2D eigenvalue weighted by Crippen LogP contribution is 2.18. The van der Waals surface area contributed by atoms with E-state index < -0.39 is 0 Å². The van der Waals surface area contributed by atoms with E-state index in [-0.39, 0.29) is 12.1 Å². The first-order valence-electron chi connectivity index (χ1n) is 7.76. The van der Waals surface area contributed by atoms with Crippen LogP contribution < -0.4 is 10.6 Å². The number of nitrogens with one attached hydrogen (secondary N) is 2. The van der Waals surface area contributed by atoms with Crippen LogP contribution in [0.3, 0.4) is 0 Å². The van der Waals surface area contributed by atoms with Crippen molar-refractivity contribution in [2.75, 3.05) is 19.6 Å². The number of thiophene rings is 1. The lowest BCUT2D eigenvalue weighted by atomic mass is 10.1. The van der Waals surface area contributed by atoms with Crippen molar-refractivity contribution in [3.63, 3.8) is 0 Å². The molecule has 22 heavy (non-hydrogen) atoms. The van der Waals surface area contributed by atoms with Gasteiger partial charge in [0.2, 0.25) is 0 Å². The van der Waals surface area contributed by atoms with Crippen LogP contribution in [0, 0.1) is 0 Å². The van der Waals surface area contributed by atoms with Crippen molar-refractivity contribution >= 4 is 23.3 Å². The number of rotatable bonds is 8. The normalized spacial score (nSPS) is 13.0. The quantitative estimate of drug-likeness (QED) is 0.438. The van der Waals surface area contributed by atoms with E-state index in [1.165, 1.54) is 5.56 Å². The van der Waals surface area contributed by atoms with E-state index in [1.807, 2.05) is 20.8 Å². The molecule has 2 N–H and O–H groups in total. The minimum absolute atomic E-state index is 0.0686. The second kappa shape index (κ2) is 10.2. The molecule has 0 aliphatic carbocycles. The summed E-state index contributed by atoms with van der Waals surface area (Å²) in [6.45, 7) is 9.90. The number of guanidine groups is 1. The number of hydrogen-bond acceptors (Lipinski definition) is 4. The van der Waals surface area contributed by atoms with Crippen LogP contribution in [0.15, 0.2) is 21.8 Å². The topological polar surface area (TPSA) is 62.7 Å². The lowest BCUT2D eigenvalue weighted by Gasteiger charge is -2.13. The molecular formula is C16H27N3O2S.